The molecule has 4 nitrogen and oxygen atoms in total. The van der Waals surface area contributed by atoms with Crippen LogP contribution in [0.2, 0.25) is 0 Å². The third kappa shape index (κ3) is 3.99. The first-order valence-electron chi connectivity index (χ1n) is 7.00. The summed E-state index contributed by atoms with van der Waals surface area (Å²) in [5.41, 5.74) is 0. The summed E-state index contributed by atoms with van der Waals surface area (Å²) < 4.78 is 0. The van der Waals surface area contributed by atoms with Crippen LogP contribution in [0.5, 0.6) is 0 Å². The van der Waals surface area contributed by atoms with Gasteiger partial charge in [-0.25, -0.2) is 4.98 Å². The number of thioether (sulfide) groups is 1. The minimum atomic E-state index is 0.667. The molecule has 2 aromatic rings. The molecular weight excluding hydrogens is 288 g/mol. The van der Waals surface area contributed by atoms with Crippen molar-refractivity contribution >= 4 is 45.1 Å². The fraction of sp³-hybridized carbons (Fsp3) is 0.571. The number of aromatic nitrogens is 2. The van der Waals surface area contributed by atoms with E-state index in [2.05, 4.69) is 52.2 Å². The number of rotatable bonds is 8. The highest BCUT2D eigenvalue weighted by Gasteiger charge is 2.08. The van der Waals surface area contributed by atoms with Crippen LogP contribution in [0.1, 0.15) is 26.7 Å². The summed E-state index contributed by atoms with van der Waals surface area (Å²) in [4.78, 5) is 10.2. The van der Waals surface area contributed by atoms with Gasteiger partial charge in [0, 0.05) is 18.3 Å². The second kappa shape index (κ2) is 7.69. The van der Waals surface area contributed by atoms with E-state index < -0.39 is 0 Å². The summed E-state index contributed by atoms with van der Waals surface area (Å²) in [5.74, 6) is 1.67. The first-order valence-corrected chi connectivity index (χ1v) is 9.17. The van der Waals surface area contributed by atoms with Crippen LogP contribution in [0.4, 0.5) is 11.8 Å². The second-order valence-corrected chi connectivity index (χ2v) is 6.89. The van der Waals surface area contributed by atoms with Crippen molar-refractivity contribution in [1.29, 1.82) is 0 Å². The van der Waals surface area contributed by atoms with Gasteiger partial charge in [0.25, 0.3) is 0 Å². The SMILES string of the molecule is CCCNc1nc(NCCC(C)SC)c2ccsc2n1. The van der Waals surface area contributed by atoms with Crippen molar-refractivity contribution in [3.8, 4) is 0 Å². The summed E-state index contributed by atoms with van der Waals surface area (Å²) in [6, 6.07) is 2.09. The van der Waals surface area contributed by atoms with Crippen molar-refractivity contribution in [2.75, 3.05) is 30.0 Å². The predicted molar refractivity (Wildman–Crippen MR) is 92.3 cm³/mol. The number of anilines is 2. The Hall–Kier alpha value is -1.01. The summed E-state index contributed by atoms with van der Waals surface area (Å²) in [7, 11) is 0. The van der Waals surface area contributed by atoms with Crippen LogP contribution in [0, 0.1) is 0 Å². The van der Waals surface area contributed by atoms with Gasteiger partial charge in [0.1, 0.15) is 10.6 Å². The van der Waals surface area contributed by atoms with Crippen molar-refractivity contribution < 1.29 is 0 Å². The van der Waals surface area contributed by atoms with Gasteiger partial charge in [-0.1, -0.05) is 13.8 Å². The minimum Gasteiger partial charge on any atom is -0.369 e. The molecule has 0 saturated carbocycles. The third-order valence-electron chi connectivity index (χ3n) is 3.10. The lowest BCUT2D eigenvalue weighted by Gasteiger charge is -2.11. The Morgan fingerprint density at radius 1 is 1.30 bits per heavy atom. The summed E-state index contributed by atoms with van der Waals surface area (Å²) >= 11 is 3.55. The molecule has 0 aliphatic heterocycles. The molecule has 20 heavy (non-hydrogen) atoms. The maximum atomic E-state index is 4.60. The molecule has 0 spiro atoms. The number of nitrogens with one attached hydrogen (secondary N) is 2. The molecule has 0 aliphatic carbocycles. The topological polar surface area (TPSA) is 49.8 Å². The fourth-order valence-corrected chi connectivity index (χ4v) is 2.94. The number of fused-ring (bicyclic) bond motifs is 1. The average molecular weight is 310 g/mol. The molecule has 0 aliphatic rings. The number of thiophene rings is 1. The Morgan fingerprint density at radius 2 is 2.15 bits per heavy atom. The van der Waals surface area contributed by atoms with Crippen LogP contribution in [-0.4, -0.2) is 34.6 Å². The Balaban J connectivity index is 2.10. The molecule has 110 valence electrons. The van der Waals surface area contributed by atoms with Crippen molar-refractivity contribution in [3.05, 3.63) is 11.4 Å². The van der Waals surface area contributed by atoms with E-state index in [0.29, 0.717) is 5.25 Å². The highest BCUT2D eigenvalue weighted by Crippen LogP contribution is 2.26. The van der Waals surface area contributed by atoms with Crippen molar-refractivity contribution in [3.63, 3.8) is 0 Å². The predicted octanol–water partition coefficient (Wildman–Crippen LogP) is 4.07. The Kier molecular flexibility index (Phi) is 5.91. The highest BCUT2D eigenvalue weighted by molar-refractivity contribution is 7.99. The zero-order chi connectivity index (χ0) is 14.4. The molecular formula is C14H22N4S2. The maximum absolute atomic E-state index is 4.60. The molecule has 0 saturated heterocycles. The number of hydrogen-bond acceptors (Lipinski definition) is 6. The van der Waals surface area contributed by atoms with Crippen molar-refractivity contribution in [2.45, 2.75) is 31.9 Å². The van der Waals surface area contributed by atoms with E-state index in [1.165, 1.54) is 0 Å². The molecule has 0 bridgehead atoms. The first kappa shape index (κ1) is 15.4. The smallest absolute Gasteiger partial charge is 0.226 e. The van der Waals surface area contributed by atoms with Gasteiger partial charge in [-0.2, -0.15) is 16.7 Å². The second-order valence-electron chi connectivity index (χ2n) is 4.72. The lowest BCUT2D eigenvalue weighted by molar-refractivity contribution is 0.850. The fourth-order valence-electron chi connectivity index (χ4n) is 1.82. The van der Waals surface area contributed by atoms with E-state index in [0.717, 1.165) is 47.9 Å². The van der Waals surface area contributed by atoms with E-state index in [9.17, 15) is 0 Å². The molecule has 2 heterocycles. The van der Waals surface area contributed by atoms with Crippen LogP contribution in [0.3, 0.4) is 0 Å². The van der Waals surface area contributed by atoms with Crippen molar-refractivity contribution in [1.82, 2.24) is 9.97 Å². The van der Waals surface area contributed by atoms with Crippen LogP contribution in [0.25, 0.3) is 10.2 Å². The molecule has 6 heteroatoms. The standard InChI is InChI=1S/C14H22N4S2/c1-4-7-16-14-17-12(15-8-5-10(2)19-3)11-6-9-20-13(11)18-14/h6,9-10H,4-5,7-8H2,1-3H3,(H2,15,16,17,18). The Bertz CT molecular complexity index is 541. The van der Waals surface area contributed by atoms with E-state index in [1.807, 2.05) is 11.8 Å². The number of hydrogen-bond donors (Lipinski definition) is 2. The monoisotopic (exact) mass is 310 g/mol. The number of nitrogens with zero attached hydrogens (tertiary/aromatic N) is 2. The third-order valence-corrected chi connectivity index (χ3v) is 4.95. The highest BCUT2D eigenvalue weighted by atomic mass is 32.2. The average Bonchev–Trinajstić information content (AvgIpc) is 2.93. The molecule has 2 N–H and O–H groups in total. The van der Waals surface area contributed by atoms with Gasteiger partial charge in [-0.05, 0) is 30.5 Å². The molecule has 1 atom stereocenters. The normalized spacial score (nSPS) is 12.6. The molecule has 0 aromatic carbocycles. The van der Waals surface area contributed by atoms with Gasteiger partial charge in [-0.3, -0.25) is 0 Å². The summed E-state index contributed by atoms with van der Waals surface area (Å²) in [5, 5.41) is 10.6. The van der Waals surface area contributed by atoms with E-state index in [-0.39, 0.29) is 0 Å². The van der Waals surface area contributed by atoms with Gasteiger partial charge >= 0.3 is 0 Å². The molecule has 1 unspecified atom stereocenters. The molecule has 0 radical (unpaired) electrons. The minimum absolute atomic E-state index is 0.667. The quantitative estimate of drug-likeness (QED) is 0.770. The van der Waals surface area contributed by atoms with Gasteiger partial charge in [-0.15, -0.1) is 11.3 Å². The van der Waals surface area contributed by atoms with Crippen LogP contribution < -0.4 is 10.6 Å². The molecule has 0 amide bonds. The van der Waals surface area contributed by atoms with Crippen LogP contribution in [-0.2, 0) is 0 Å². The Labute approximate surface area is 128 Å². The molecule has 2 rings (SSSR count). The lowest BCUT2D eigenvalue weighted by Crippen LogP contribution is -2.11. The lowest BCUT2D eigenvalue weighted by atomic mass is 10.3. The van der Waals surface area contributed by atoms with Gasteiger partial charge in [0.15, 0.2) is 0 Å². The van der Waals surface area contributed by atoms with E-state index in [1.54, 1.807) is 11.3 Å². The van der Waals surface area contributed by atoms with E-state index >= 15 is 0 Å². The zero-order valence-electron chi connectivity index (χ0n) is 12.3. The van der Waals surface area contributed by atoms with Gasteiger partial charge in [0.2, 0.25) is 5.95 Å². The van der Waals surface area contributed by atoms with E-state index in [4.69, 9.17) is 0 Å². The summed E-state index contributed by atoms with van der Waals surface area (Å²) in [6.45, 7) is 6.23. The Morgan fingerprint density at radius 3 is 2.90 bits per heavy atom. The maximum Gasteiger partial charge on any atom is 0.226 e. The van der Waals surface area contributed by atoms with Gasteiger partial charge < -0.3 is 10.6 Å². The van der Waals surface area contributed by atoms with Gasteiger partial charge in [0.05, 0.1) is 5.39 Å². The first-order chi connectivity index (χ1) is 9.74. The van der Waals surface area contributed by atoms with Crippen molar-refractivity contribution in [2.24, 2.45) is 0 Å². The van der Waals surface area contributed by atoms with Crippen LogP contribution in [0.15, 0.2) is 11.4 Å². The molecule has 0 fully saturated rings. The zero-order valence-corrected chi connectivity index (χ0v) is 13.9. The summed E-state index contributed by atoms with van der Waals surface area (Å²) in [6.07, 6.45) is 4.35. The molecule has 2 aromatic heterocycles. The van der Waals surface area contributed by atoms with Crippen LogP contribution >= 0.6 is 23.1 Å². The largest absolute Gasteiger partial charge is 0.369 e.